The summed E-state index contributed by atoms with van der Waals surface area (Å²) in [5, 5.41) is 0. The Kier molecular flexibility index (Phi) is 3.81. The molecular weight excluding hydrogens is 254 g/mol. The number of carbonyl (C=O) groups excluding carboxylic acids is 1. The van der Waals surface area contributed by atoms with E-state index in [0.717, 1.165) is 18.6 Å². The number of ether oxygens (including phenoxy) is 2. The predicted molar refractivity (Wildman–Crippen MR) is 76.0 cm³/mol. The maximum absolute atomic E-state index is 12.5. The number of likely N-dealkylation sites (N-methyl/N-ethyl adjacent to an activating group) is 1. The smallest absolute Gasteiger partial charge is 0.267 e. The fourth-order valence-electron chi connectivity index (χ4n) is 3.02. The van der Waals surface area contributed by atoms with E-state index in [0.29, 0.717) is 18.4 Å². The zero-order chi connectivity index (χ0) is 13.9. The van der Waals surface area contributed by atoms with Crippen LogP contribution in [0.25, 0.3) is 0 Å². The van der Waals surface area contributed by atoms with E-state index in [2.05, 4.69) is 0 Å². The van der Waals surface area contributed by atoms with Crippen molar-refractivity contribution >= 4 is 5.91 Å². The summed E-state index contributed by atoms with van der Waals surface area (Å²) in [6, 6.07) is 7.85. The summed E-state index contributed by atoms with van der Waals surface area (Å²) in [6.45, 7) is 0.299. The van der Waals surface area contributed by atoms with Gasteiger partial charge in [0.25, 0.3) is 5.91 Å². The molecule has 1 aliphatic heterocycles. The van der Waals surface area contributed by atoms with Gasteiger partial charge in [-0.15, -0.1) is 0 Å². The molecule has 1 fully saturated rings. The Balaban J connectivity index is 1.66. The van der Waals surface area contributed by atoms with Crippen LogP contribution < -0.4 is 9.47 Å². The molecule has 1 atom stereocenters. The van der Waals surface area contributed by atoms with E-state index < -0.39 is 6.10 Å². The second-order valence-corrected chi connectivity index (χ2v) is 5.61. The Hall–Kier alpha value is -1.71. The Morgan fingerprint density at radius 1 is 1.15 bits per heavy atom. The molecule has 4 heteroatoms. The molecule has 0 N–H and O–H groups in total. The first-order chi connectivity index (χ1) is 9.75. The number of rotatable bonds is 2. The molecule has 1 amide bonds. The highest BCUT2D eigenvalue weighted by molar-refractivity contribution is 5.82. The summed E-state index contributed by atoms with van der Waals surface area (Å²) in [5.41, 5.74) is 0. The van der Waals surface area contributed by atoms with Gasteiger partial charge in [-0.2, -0.15) is 0 Å². The lowest BCUT2D eigenvalue weighted by molar-refractivity contribution is -0.142. The van der Waals surface area contributed by atoms with Gasteiger partial charge in [-0.25, -0.2) is 0 Å². The molecule has 0 aromatic heterocycles. The van der Waals surface area contributed by atoms with Crippen LogP contribution in [-0.2, 0) is 4.79 Å². The lowest BCUT2D eigenvalue weighted by Crippen LogP contribution is -2.49. The Morgan fingerprint density at radius 2 is 1.85 bits per heavy atom. The minimum atomic E-state index is -0.517. The van der Waals surface area contributed by atoms with Gasteiger partial charge < -0.3 is 14.4 Å². The summed E-state index contributed by atoms with van der Waals surface area (Å²) in [7, 11) is 1.89. The third-order valence-corrected chi connectivity index (χ3v) is 4.25. The van der Waals surface area contributed by atoms with Crippen LogP contribution in [0, 0.1) is 0 Å². The molecule has 1 aliphatic carbocycles. The summed E-state index contributed by atoms with van der Waals surface area (Å²) in [5.74, 6) is 1.41. The molecule has 1 aromatic rings. The lowest BCUT2D eigenvalue weighted by Gasteiger charge is -2.35. The van der Waals surface area contributed by atoms with Crippen LogP contribution in [0.2, 0.25) is 0 Å². The van der Waals surface area contributed by atoms with Gasteiger partial charge in [0.1, 0.15) is 6.61 Å². The average Bonchev–Trinajstić information content (AvgIpc) is 2.54. The van der Waals surface area contributed by atoms with E-state index in [4.69, 9.17) is 9.47 Å². The maximum Gasteiger partial charge on any atom is 0.267 e. The third kappa shape index (κ3) is 2.60. The van der Waals surface area contributed by atoms with Crippen molar-refractivity contribution in [2.75, 3.05) is 13.7 Å². The molecule has 0 radical (unpaired) electrons. The minimum Gasteiger partial charge on any atom is -0.485 e. The normalized spacial score (nSPS) is 22.4. The number of nitrogens with zero attached hydrogens (tertiary/aromatic N) is 1. The van der Waals surface area contributed by atoms with Gasteiger partial charge in [-0.1, -0.05) is 31.4 Å². The highest BCUT2D eigenvalue weighted by Gasteiger charge is 2.32. The summed E-state index contributed by atoms with van der Waals surface area (Å²) in [4.78, 5) is 14.4. The number of carbonyl (C=O) groups is 1. The van der Waals surface area contributed by atoms with E-state index in [1.54, 1.807) is 0 Å². The summed E-state index contributed by atoms with van der Waals surface area (Å²) >= 11 is 0. The van der Waals surface area contributed by atoms with Gasteiger partial charge in [0.15, 0.2) is 11.5 Å². The first-order valence-corrected chi connectivity index (χ1v) is 7.41. The van der Waals surface area contributed by atoms with E-state index in [-0.39, 0.29) is 5.91 Å². The predicted octanol–water partition coefficient (Wildman–Crippen LogP) is 2.62. The lowest BCUT2D eigenvalue weighted by atomic mass is 9.94. The van der Waals surface area contributed by atoms with E-state index in [1.807, 2.05) is 36.2 Å². The number of hydrogen-bond donors (Lipinski definition) is 0. The molecule has 0 spiro atoms. The molecule has 4 nitrogen and oxygen atoms in total. The topological polar surface area (TPSA) is 38.8 Å². The molecule has 1 aromatic carbocycles. The van der Waals surface area contributed by atoms with E-state index >= 15 is 0 Å². The number of para-hydroxylation sites is 2. The van der Waals surface area contributed by atoms with Crippen molar-refractivity contribution in [3.63, 3.8) is 0 Å². The Morgan fingerprint density at radius 3 is 2.60 bits per heavy atom. The maximum atomic E-state index is 12.5. The van der Waals surface area contributed by atoms with Crippen LogP contribution >= 0.6 is 0 Å². The Bertz CT molecular complexity index is 482. The molecule has 0 bridgehead atoms. The molecule has 1 heterocycles. The zero-order valence-corrected chi connectivity index (χ0v) is 11.9. The fourth-order valence-corrected chi connectivity index (χ4v) is 3.02. The number of benzene rings is 1. The van der Waals surface area contributed by atoms with Crippen molar-refractivity contribution in [3.8, 4) is 11.5 Å². The number of fused-ring (bicyclic) bond motifs is 1. The van der Waals surface area contributed by atoms with Crippen molar-refractivity contribution in [1.29, 1.82) is 0 Å². The van der Waals surface area contributed by atoms with Crippen molar-refractivity contribution < 1.29 is 14.3 Å². The van der Waals surface area contributed by atoms with Gasteiger partial charge in [0, 0.05) is 13.1 Å². The van der Waals surface area contributed by atoms with E-state index in [9.17, 15) is 4.79 Å². The SMILES string of the molecule is CN(C(=O)[C@H]1COc2ccccc2O1)C1CCCCC1. The van der Waals surface area contributed by atoms with Gasteiger partial charge in [-0.05, 0) is 25.0 Å². The largest absolute Gasteiger partial charge is 0.485 e. The molecule has 3 rings (SSSR count). The first-order valence-electron chi connectivity index (χ1n) is 7.41. The van der Waals surface area contributed by atoms with Crippen LogP contribution in [-0.4, -0.2) is 36.6 Å². The Labute approximate surface area is 119 Å². The van der Waals surface area contributed by atoms with Gasteiger partial charge in [0.05, 0.1) is 0 Å². The van der Waals surface area contributed by atoms with Crippen LogP contribution in [0.4, 0.5) is 0 Å². The number of amides is 1. The number of hydrogen-bond acceptors (Lipinski definition) is 3. The van der Waals surface area contributed by atoms with Gasteiger partial charge in [0.2, 0.25) is 6.10 Å². The van der Waals surface area contributed by atoms with Crippen molar-refractivity contribution in [2.45, 2.75) is 44.2 Å². The standard InChI is InChI=1S/C16H21NO3/c1-17(12-7-3-2-4-8-12)16(18)15-11-19-13-9-5-6-10-14(13)20-15/h5-6,9-10,12,15H,2-4,7-8,11H2,1H3/t15-/m1/s1. The fraction of sp³-hybridized carbons (Fsp3) is 0.562. The van der Waals surface area contributed by atoms with Gasteiger partial charge in [-0.3, -0.25) is 4.79 Å². The molecule has 108 valence electrons. The quantitative estimate of drug-likeness (QED) is 0.833. The van der Waals surface area contributed by atoms with Crippen molar-refractivity contribution in [1.82, 2.24) is 4.90 Å². The van der Waals surface area contributed by atoms with Crippen molar-refractivity contribution in [2.24, 2.45) is 0 Å². The zero-order valence-electron chi connectivity index (χ0n) is 11.9. The summed E-state index contributed by atoms with van der Waals surface area (Å²) in [6.07, 6.45) is 5.41. The van der Waals surface area contributed by atoms with Crippen molar-refractivity contribution in [3.05, 3.63) is 24.3 Å². The second kappa shape index (κ2) is 5.73. The molecule has 0 unspecified atom stereocenters. The van der Waals surface area contributed by atoms with Crippen LogP contribution in [0.1, 0.15) is 32.1 Å². The third-order valence-electron chi connectivity index (χ3n) is 4.25. The molecular formula is C16H21NO3. The average molecular weight is 275 g/mol. The van der Waals surface area contributed by atoms with Crippen LogP contribution in [0.3, 0.4) is 0 Å². The molecule has 0 saturated heterocycles. The minimum absolute atomic E-state index is 0.0337. The van der Waals surface area contributed by atoms with Gasteiger partial charge >= 0.3 is 0 Å². The highest BCUT2D eigenvalue weighted by atomic mass is 16.6. The second-order valence-electron chi connectivity index (χ2n) is 5.61. The summed E-state index contributed by atoms with van der Waals surface area (Å²) < 4.78 is 11.4. The first kappa shape index (κ1) is 13.3. The van der Waals surface area contributed by atoms with E-state index in [1.165, 1.54) is 19.3 Å². The molecule has 2 aliphatic rings. The molecule has 20 heavy (non-hydrogen) atoms. The molecule has 1 saturated carbocycles. The van der Waals surface area contributed by atoms with Crippen LogP contribution in [0.15, 0.2) is 24.3 Å². The highest BCUT2D eigenvalue weighted by Crippen LogP contribution is 2.31. The van der Waals surface area contributed by atoms with Crippen LogP contribution in [0.5, 0.6) is 11.5 Å². The monoisotopic (exact) mass is 275 g/mol.